The van der Waals surface area contributed by atoms with Gasteiger partial charge in [0.1, 0.15) is 0 Å². The molecule has 8 heteroatoms. The molecule has 7 nitrogen and oxygen atoms in total. The van der Waals surface area contributed by atoms with Crippen molar-refractivity contribution in [3.8, 4) is 0 Å². The van der Waals surface area contributed by atoms with Crippen LogP contribution < -0.4 is 10.5 Å². The molecular weight excluding hydrogens is 246 g/mol. The fraction of sp³-hybridized carbons (Fsp3) is 0.333. The van der Waals surface area contributed by atoms with Crippen LogP contribution in [0.5, 0.6) is 0 Å². The minimum absolute atomic E-state index is 0.110. The maximum atomic E-state index is 11.9. The molecule has 92 valence electrons. The third kappa shape index (κ3) is 2.53. The number of hydrogen-bond acceptors (Lipinski definition) is 5. The first-order chi connectivity index (χ1) is 7.90. The van der Waals surface area contributed by atoms with Crippen LogP contribution in [-0.4, -0.2) is 19.4 Å². The summed E-state index contributed by atoms with van der Waals surface area (Å²) in [5.41, 5.74) is 5.16. The van der Waals surface area contributed by atoms with Gasteiger partial charge in [-0.15, -0.1) is 0 Å². The quantitative estimate of drug-likeness (QED) is 0.466. The molecule has 3 N–H and O–H groups in total. The first-order valence-electron chi connectivity index (χ1n) is 4.96. The van der Waals surface area contributed by atoms with Gasteiger partial charge < -0.3 is 5.73 Å². The van der Waals surface area contributed by atoms with Gasteiger partial charge in [-0.1, -0.05) is 0 Å². The Kier molecular flexibility index (Phi) is 2.76. The van der Waals surface area contributed by atoms with E-state index in [0.29, 0.717) is 0 Å². The Labute approximate surface area is 97.8 Å². The second-order valence-corrected chi connectivity index (χ2v) is 5.56. The Morgan fingerprint density at radius 1 is 1.41 bits per heavy atom. The zero-order valence-electron chi connectivity index (χ0n) is 8.79. The van der Waals surface area contributed by atoms with Gasteiger partial charge in [0.05, 0.1) is 4.92 Å². The number of nitro benzene ring substituents is 1. The number of rotatable bonds is 4. The highest BCUT2D eigenvalue weighted by molar-refractivity contribution is 7.89. The van der Waals surface area contributed by atoms with E-state index in [2.05, 4.69) is 4.72 Å². The van der Waals surface area contributed by atoms with E-state index in [1.807, 2.05) is 0 Å². The van der Waals surface area contributed by atoms with Crippen LogP contribution >= 0.6 is 0 Å². The van der Waals surface area contributed by atoms with Gasteiger partial charge in [0, 0.05) is 17.8 Å². The molecule has 0 aromatic heterocycles. The van der Waals surface area contributed by atoms with Crippen LogP contribution in [-0.2, 0) is 10.0 Å². The van der Waals surface area contributed by atoms with Crippen LogP contribution in [0.2, 0.25) is 0 Å². The number of nitrogen functional groups attached to an aromatic ring is 1. The van der Waals surface area contributed by atoms with E-state index in [9.17, 15) is 18.5 Å². The number of nitro groups is 1. The van der Waals surface area contributed by atoms with Gasteiger partial charge in [-0.3, -0.25) is 10.1 Å². The van der Waals surface area contributed by atoms with Gasteiger partial charge in [0.25, 0.3) is 5.69 Å². The lowest BCUT2D eigenvalue weighted by Gasteiger charge is -2.06. The lowest BCUT2D eigenvalue weighted by Crippen LogP contribution is -2.26. The summed E-state index contributed by atoms with van der Waals surface area (Å²) in [7, 11) is -3.87. The molecule has 1 aromatic carbocycles. The molecular formula is C9H11N3O4S. The second kappa shape index (κ2) is 3.97. The second-order valence-electron chi connectivity index (χ2n) is 3.88. The summed E-state index contributed by atoms with van der Waals surface area (Å²) >= 11 is 0. The number of sulfonamides is 1. The van der Waals surface area contributed by atoms with Crippen LogP contribution in [0.25, 0.3) is 0 Å². The molecule has 2 rings (SSSR count). The minimum atomic E-state index is -3.87. The van der Waals surface area contributed by atoms with Gasteiger partial charge in [-0.2, -0.15) is 0 Å². The predicted molar refractivity (Wildman–Crippen MR) is 60.9 cm³/mol. The number of anilines is 1. The van der Waals surface area contributed by atoms with Crippen molar-refractivity contribution in [1.82, 2.24) is 4.72 Å². The minimum Gasteiger partial charge on any atom is -0.399 e. The van der Waals surface area contributed by atoms with E-state index in [0.717, 1.165) is 25.0 Å². The van der Waals surface area contributed by atoms with E-state index < -0.39 is 20.6 Å². The maximum Gasteiger partial charge on any atom is 0.289 e. The Balaban J connectivity index is 2.48. The van der Waals surface area contributed by atoms with Crippen LogP contribution in [0.1, 0.15) is 12.8 Å². The molecule has 0 atom stereocenters. The SMILES string of the molecule is Nc1ccc([N+](=O)[O-])c(S(=O)(=O)NC2CC2)c1. The summed E-state index contributed by atoms with van der Waals surface area (Å²) in [6, 6.07) is 3.38. The van der Waals surface area contributed by atoms with Crippen LogP contribution in [0.3, 0.4) is 0 Å². The summed E-state index contributed by atoms with van der Waals surface area (Å²) in [4.78, 5) is 9.64. The van der Waals surface area contributed by atoms with E-state index in [4.69, 9.17) is 5.73 Å². The average Bonchev–Trinajstić information content (AvgIpc) is 3.00. The van der Waals surface area contributed by atoms with Crippen molar-refractivity contribution in [3.63, 3.8) is 0 Å². The van der Waals surface area contributed by atoms with Crippen molar-refractivity contribution in [3.05, 3.63) is 28.3 Å². The van der Waals surface area contributed by atoms with Crippen molar-refractivity contribution in [1.29, 1.82) is 0 Å². The van der Waals surface area contributed by atoms with Gasteiger partial charge in [-0.25, -0.2) is 13.1 Å². The molecule has 0 aliphatic heterocycles. The lowest BCUT2D eigenvalue weighted by atomic mass is 10.3. The molecule has 0 heterocycles. The number of hydrogen-bond donors (Lipinski definition) is 2. The first-order valence-corrected chi connectivity index (χ1v) is 6.45. The molecule has 0 bridgehead atoms. The summed E-state index contributed by atoms with van der Waals surface area (Å²) in [6.45, 7) is 0. The summed E-state index contributed by atoms with van der Waals surface area (Å²) in [6.07, 6.45) is 1.52. The summed E-state index contributed by atoms with van der Waals surface area (Å²) in [5.74, 6) is 0. The fourth-order valence-corrected chi connectivity index (χ4v) is 2.89. The molecule has 1 fully saturated rings. The topological polar surface area (TPSA) is 115 Å². The van der Waals surface area contributed by atoms with E-state index in [1.165, 1.54) is 6.07 Å². The van der Waals surface area contributed by atoms with Gasteiger partial charge in [-0.05, 0) is 25.0 Å². The highest BCUT2D eigenvalue weighted by Gasteiger charge is 2.32. The predicted octanol–water partition coefficient (Wildman–Crippen LogP) is 0.618. The van der Waals surface area contributed by atoms with Gasteiger partial charge in [0.2, 0.25) is 10.0 Å². The number of nitrogens with one attached hydrogen (secondary N) is 1. The Morgan fingerprint density at radius 3 is 2.59 bits per heavy atom. The third-order valence-corrected chi connectivity index (χ3v) is 3.92. The Bertz CT molecular complexity index is 566. The molecule has 1 aliphatic carbocycles. The third-order valence-electron chi connectivity index (χ3n) is 2.37. The van der Waals surface area contributed by atoms with Gasteiger partial charge >= 0.3 is 0 Å². The van der Waals surface area contributed by atoms with Crippen LogP contribution in [0, 0.1) is 10.1 Å². The van der Waals surface area contributed by atoms with Crippen LogP contribution in [0.15, 0.2) is 23.1 Å². The number of nitrogens with zero attached hydrogens (tertiary/aromatic N) is 1. The molecule has 0 spiro atoms. The molecule has 1 saturated carbocycles. The number of nitrogens with two attached hydrogens (primary N) is 1. The van der Waals surface area contributed by atoms with Crippen molar-refractivity contribution in [2.24, 2.45) is 0 Å². The normalized spacial score (nSPS) is 15.8. The fourth-order valence-electron chi connectivity index (χ4n) is 1.38. The van der Waals surface area contributed by atoms with Crippen molar-refractivity contribution in [2.75, 3.05) is 5.73 Å². The van der Waals surface area contributed by atoms with Crippen LogP contribution in [0.4, 0.5) is 11.4 Å². The largest absolute Gasteiger partial charge is 0.399 e. The lowest BCUT2D eigenvalue weighted by molar-refractivity contribution is -0.387. The molecule has 0 saturated heterocycles. The van der Waals surface area contributed by atoms with E-state index in [1.54, 1.807) is 0 Å². The highest BCUT2D eigenvalue weighted by Crippen LogP contribution is 2.28. The van der Waals surface area contributed by atoms with Crippen molar-refractivity contribution in [2.45, 2.75) is 23.8 Å². The monoisotopic (exact) mass is 257 g/mol. The summed E-state index contributed by atoms with van der Waals surface area (Å²) in [5, 5.41) is 10.8. The van der Waals surface area contributed by atoms with Crippen molar-refractivity contribution < 1.29 is 13.3 Å². The molecule has 0 amide bonds. The van der Waals surface area contributed by atoms with Gasteiger partial charge in [0.15, 0.2) is 4.90 Å². The number of benzene rings is 1. The Hall–Kier alpha value is -1.67. The standard InChI is InChI=1S/C9H11N3O4S/c10-6-1-4-8(12(13)14)9(5-6)17(15,16)11-7-2-3-7/h1,4-5,7,11H,2-3,10H2. The summed E-state index contributed by atoms with van der Waals surface area (Å²) < 4.78 is 26.2. The maximum absolute atomic E-state index is 11.9. The van der Waals surface area contributed by atoms with E-state index in [-0.39, 0.29) is 16.6 Å². The average molecular weight is 257 g/mol. The molecule has 0 unspecified atom stereocenters. The Morgan fingerprint density at radius 2 is 2.06 bits per heavy atom. The van der Waals surface area contributed by atoms with Crippen molar-refractivity contribution >= 4 is 21.4 Å². The smallest absolute Gasteiger partial charge is 0.289 e. The molecule has 1 aromatic rings. The zero-order valence-corrected chi connectivity index (χ0v) is 9.61. The first kappa shape index (κ1) is 11.8. The highest BCUT2D eigenvalue weighted by atomic mass is 32.2. The van der Waals surface area contributed by atoms with E-state index >= 15 is 0 Å². The zero-order chi connectivity index (χ0) is 12.6. The molecule has 1 aliphatic rings. The molecule has 0 radical (unpaired) electrons. The molecule has 17 heavy (non-hydrogen) atoms.